The van der Waals surface area contributed by atoms with Crippen LogP contribution in [-0.2, 0) is 0 Å². The van der Waals surface area contributed by atoms with Crippen molar-refractivity contribution in [3.05, 3.63) is 36.3 Å². The minimum atomic E-state index is -0.999. The maximum Gasteiger partial charge on any atom is 0.354 e. The maximum absolute atomic E-state index is 10.9. The molecule has 7 nitrogen and oxygen atoms in total. The van der Waals surface area contributed by atoms with Crippen LogP contribution >= 0.6 is 0 Å². The van der Waals surface area contributed by atoms with E-state index in [4.69, 9.17) is 5.11 Å². The van der Waals surface area contributed by atoms with Gasteiger partial charge in [-0.2, -0.15) is 0 Å². The number of nitrogens with zero attached hydrogens (tertiary/aromatic N) is 4. The van der Waals surface area contributed by atoms with Crippen LogP contribution in [0, 0.1) is 0 Å². The number of anilines is 2. The number of hydrogen-bond donors (Lipinski definition) is 2. The standard InChI is InChI=1S/C13H15N5O2/c19-12(20)10-2-1-3-11(16-10)17-6-8-18(9-7-17)13-14-4-5-15-13/h1-5H,6-9H2,(H,14,15)(H,19,20). The summed E-state index contributed by atoms with van der Waals surface area (Å²) in [7, 11) is 0. The molecule has 1 fully saturated rings. The van der Waals surface area contributed by atoms with E-state index < -0.39 is 5.97 Å². The zero-order valence-electron chi connectivity index (χ0n) is 10.9. The number of aromatic amines is 1. The Labute approximate surface area is 115 Å². The van der Waals surface area contributed by atoms with Crippen LogP contribution in [0.5, 0.6) is 0 Å². The average molecular weight is 273 g/mol. The highest BCUT2D eigenvalue weighted by Gasteiger charge is 2.20. The van der Waals surface area contributed by atoms with Crippen LogP contribution in [0.15, 0.2) is 30.6 Å². The summed E-state index contributed by atoms with van der Waals surface area (Å²) in [5.41, 5.74) is 0.0796. The van der Waals surface area contributed by atoms with Gasteiger partial charge >= 0.3 is 5.97 Å². The summed E-state index contributed by atoms with van der Waals surface area (Å²) in [6.45, 7) is 3.23. The summed E-state index contributed by atoms with van der Waals surface area (Å²) in [5.74, 6) is 0.585. The summed E-state index contributed by atoms with van der Waals surface area (Å²) in [6, 6.07) is 5.07. The van der Waals surface area contributed by atoms with E-state index in [0.717, 1.165) is 32.1 Å². The SMILES string of the molecule is O=C(O)c1cccc(N2CCN(c3ncc[nH]3)CC2)n1. The second kappa shape index (κ2) is 5.20. The second-order valence-electron chi connectivity index (χ2n) is 4.57. The van der Waals surface area contributed by atoms with Crippen molar-refractivity contribution >= 4 is 17.7 Å². The number of pyridine rings is 1. The molecule has 1 aliphatic rings. The number of carbonyl (C=O) groups is 1. The molecule has 0 bridgehead atoms. The van der Waals surface area contributed by atoms with Gasteiger partial charge in [-0.15, -0.1) is 0 Å². The molecular formula is C13H15N5O2. The molecule has 2 aromatic rings. The molecule has 0 unspecified atom stereocenters. The summed E-state index contributed by atoms with van der Waals surface area (Å²) in [5, 5.41) is 8.97. The monoisotopic (exact) mass is 273 g/mol. The molecule has 1 saturated heterocycles. The Kier molecular flexibility index (Phi) is 3.24. The van der Waals surface area contributed by atoms with Crippen LogP contribution in [0.1, 0.15) is 10.5 Å². The number of aromatic carboxylic acids is 1. The molecule has 1 aliphatic heterocycles. The average Bonchev–Trinajstić information content (AvgIpc) is 3.02. The Hall–Kier alpha value is -2.57. The smallest absolute Gasteiger partial charge is 0.354 e. The minimum absolute atomic E-state index is 0.0796. The van der Waals surface area contributed by atoms with E-state index in [1.54, 1.807) is 18.5 Å². The molecule has 3 heterocycles. The van der Waals surface area contributed by atoms with Crippen molar-refractivity contribution in [1.29, 1.82) is 0 Å². The summed E-state index contributed by atoms with van der Waals surface area (Å²) < 4.78 is 0. The fraction of sp³-hybridized carbons (Fsp3) is 0.308. The molecule has 0 amide bonds. The van der Waals surface area contributed by atoms with E-state index in [-0.39, 0.29) is 5.69 Å². The molecule has 0 aliphatic carbocycles. The molecule has 0 radical (unpaired) electrons. The van der Waals surface area contributed by atoms with E-state index in [1.165, 1.54) is 6.07 Å². The fourth-order valence-electron chi connectivity index (χ4n) is 2.30. The third-order valence-electron chi connectivity index (χ3n) is 3.34. The largest absolute Gasteiger partial charge is 0.477 e. The van der Waals surface area contributed by atoms with Crippen LogP contribution in [0.3, 0.4) is 0 Å². The van der Waals surface area contributed by atoms with Gasteiger partial charge in [-0.05, 0) is 12.1 Å². The van der Waals surface area contributed by atoms with Crippen LogP contribution in [0.4, 0.5) is 11.8 Å². The van der Waals surface area contributed by atoms with Crippen molar-refractivity contribution in [3.8, 4) is 0 Å². The summed E-state index contributed by atoms with van der Waals surface area (Å²) in [4.78, 5) is 26.7. The summed E-state index contributed by atoms with van der Waals surface area (Å²) >= 11 is 0. The lowest BCUT2D eigenvalue weighted by molar-refractivity contribution is 0.0690. The van der Waals surface area contributed by atoms with E-state index in [2.05, 4.69) is 24.8 Å². The van der Waals surface area contributed by atoms with Crippen molar-refractivity contribution in [2.24, 2.45) is 0 Å². The first-order chi connectivity index (χ1) is 9.74. The fourth-order valence-corrected chi connectivity index (χ4v) is 2.30. The molecule has 0 atom stereocenters. The number of piperazine rings is 1. The van der Waals surface area contributed by atoms with Gasteiger partial charge in [-0.1, -0.05) is 6.07 Å². The van der Waals surface area contributed by atoms with Crippen LogP contribution < -0.4 is 9.80 Å². The zero-order valence-corrected chi connectivity index (χ0v) is 10.9. The number of carboxylic acids is 1. The molecule has 3 rings (SSSR count). The normalized spacial score (nSPS) is 15.4. The van der Waals surface area contributed by atoms with Crippen molar-refractivity contribution < 1.29 is 9.90 Å². The minimum Gasteiger partial charge on any atom is -0.477 e. The highest BCUT2D eigenvalue weighted by atomic mass is 16.4. The molecular weight excluding hydrogens is 258 g/mol. The number of hydrogen-bond acceptors (Lipinski definition) is 5. The van der Waals surface area contributed by atoms with E-state index >= 15 is 0 Å². The van der Waals surface area contributed by atoms with Crippen molar-refractivity contribution in [3.63, 3.8) is 0 Å². The first-order valence-corrected chi connectivity index (χ1v) is 6.43. The van der Waals surface area contributed by atoms with Gasteiger partial charge in [0.2, 0.25) is 5.95 Å². The van der Waals surface area contributed by atoms with Crippen LogP contribution in [0.2, 0.25) is 0 Å². The van der Waals surface area contributed by atoms with Crippen molar-refractivity contribution in [2.75, 3.05) is 36.0 Å². The van der Waals surface area contributed by atoms with Gasteiger partial charge in [-0.3, -0.25) is 0 Å². The quantitative estimate of drug-likeness (QED) is 0.861. The second-order valence-corrected chi connectivity index (χ2v) is 4.57. The predicted molar refractivity (Wildman–Crippen MR) is 74.2 cm³/mol. The van der Waals surface area contributed by atoms with E-state index in [0.29, 0.717) is 5.82 Å². The lowest BCUT2D eigenvalue weighted by Crippen LogP contribution is -2.47. The van der Waals surface area contributed by atoms with Gasteiger partial charge in [-0.25, -0.2) is 14.8 Å². The summed E-state index contributed by atoms with van der Waals surface area (Å²) in [6.07, 6.45) is 3.54. The Balaban J connectivity index is 1.69. The van der Waals surface area contributed by atoms with Crippen molar-refractivity contribution in [1.82, 2.24) is 15.0 Å². The molecule has 0 saturated carbocycles. The number of aromatic nitrogens is 3. The van der Waals surface area contributed by atoms with Gasteiger partial charge in [0.05, 0.1) is 0 Å². The molecule has 2 N–H and O–H groups in total. The van der Waals surface area contributed by atoms with Gasteiger partial charge in [0.1, 0.15) is 5.82 Å². The van der Waals surface area contributed by atoms with E-state index in [9.17, 15) is 4.79 Å². The maximum atomic E-state index is 10.9. The zero-order chi connectivity index (χ0) is 13.9. The molecule has 20 heavy (non-hydrogen) atoms. The Bertz CT molecular complexity index is 591. The number of carboxylic acid groups (broad SMARTS) is 1. The lowest BCUT2D eigenvalue weighted by atomic mass is 10.3. The number of H-pyrrole nitrogens is 1. The van der Waals surface area contributed by atoms with E-state index in [1.807, 2.05) is 6.07 Å². The predicted octanol–water partition coefficient (Wildman–Crippen LogP) is 0.829. The number of nitrogens with one attached hydrogen (secondary N) is 1. The Morgan fingerprint density at radius 3 is 2.60 bits per heavy atom. The third-order valence-corrected chi connectivity index (χ3v) is 3.34. The van der Waals surface area contributed by atoms with Gasteiger partial charge < -0.3 is 19.9 Å². The highest BCUT2D eigenvalue weighted by molar-refractivity contribution is 5.85. The van der Waals surface area contributed by atoms with Crippen LogP contribution in [-0.4, -0.2) is 52.2 Å². The first kappa shape index (κ1) is 12.5. The first-order valence-electron chi connectivity index (χ1n) is 6.43. The molecule has 7 heteroatoms. The van der Waals surface area contributed by atoms with Crippen molar-refractivity contribution in [2.45, 2.75) is 0 Å². The molecule has 0 spiro atoms. The van der Waals surface area contributed by atoms with Gasteiger partial charge in [0.15, 0.2) is 5.69 Å². The highest BCUT2D eigenvalue weighted by Crippen LogP contribution is 2.16. The van der Waals surface area contributed by atoms with Gasteiger partial charge in [0.25, 0.3) is 0 Å². The lowest BCUT2D eigenvalue weighted by Gasteiger charge is -2.35. The number of imidazole rings is 1. The third kappa shape index (κ3) is 2.42. The van der Waals surface area contributed by atoms with Gasteiger partial charge in [0, 0.05) is 38.6 Å². The molecule has 0 aromatic carbocycles. The van der Waals surface area contributed by atoms with Crippen LogP contribution in [0.25, 0.3) is 0 Å². The Morgan fingerprint density at radius 2 is 1.95 bits per heavy atom. The topological polar surface area (TPSA) is 85.4 Å². The molecule has 104 valence electrons. The molecule has 2 aromatic heterocycles. The Morgan fingerprint density at radius 1 is 1.20 bits per heavy atom. The number of rotatable bonds is 3.